The van der Waals surface area contributed by atoms with Crippen molar-refractivity contribution in [1.29, 1.82) is 0 Å². The molecule has 4 heterocycles. The zero-order valence-electron chi connectivity index (χ0n) is 32.1. The van der Waals surface area contributed by atoms with Crippen molar-refractivity contribution in [2.75, 3.05) is 77.1 Å². The second-order valence-corrected chi connectivity index (χ2v) is 19.4. The molecule has 4 aliphatic heterocycles. The summed E-state index contributed by atoms with van der Waals surface area (Å²) in [7, 11) is -3.96. The predicted molar refractivity (Wildman–Crippen MR) is 212 cm³/mol. The van der Waals surface area contributed by atoms with E-state index in [2.05, 4.69) is 50.6 Å². The Balaban J connectivity index is 1.18. The van der Waals surface area contributed by atoms with Crippen LogP contribution in [-0.2, 0) is 31.3 Å². The minimum atomic E-state index is -3.96. The minimum absolute atomic E-state index is 0.218. The Bertz CT molecular complexity index is 1850. The molecule has 2 aromatic carbocycles. The number of allylic oxidation sites excluding steroid dienone is 1. The lowest BCUT2D eigenvalue weighted by molar-refractivity contribution is -0.119. The smallest absolute Gasteiger partial charge is 0.264 e. The maximum atomic E-state index is 13.7. The molecule has 8 rings (SSSR count). The maximum absolute atomic E-state index is 13.7. The van der Waals surface area contributed by atoms with Crippen molar-refractivity contribution >= 4 is 33.2 Å². The zero-order valence-corrected chi connectivity index (χ0v) is 33.7. The fraction of sp³-hybridized carbons (Fsp3) is 0.643. The third kappa shape index (κ3) is 7.34. The second kappa shape index (κ2) is 15.3. The molecule has 3 fully saturated rings. The molecule has 54 heavy (non-hydrogen) atoms. The second-order valence-electron chi connectivity index (χ2n) is 16.9. The summed E-state index contributed by atoms with van der Waals surface area (Å²) in [6.07, 6.45) is 10.2. The Morgan fingerprint density at radius 3 is 2.59 bits per heavy atom. The number of carbonyl (C=O) groups excluding carboxylic acids is 1. The molecule has 1 amide bonds. The lowest BCUT2D eigenvalue weighted by Gasteiger charge is -2.53. The van der Waals surface area contributed by atoms with Gasteiger partial charge in [-0.15, -0.1) is 0 Å². The van der Waals surface area contributed by atoms with Gasteiger partial charge in [0, 0.05) is 68.4 Å². The van der Waals surface area contributed by atoms with E-state index in [0.29, 0.717) is 37.2 Å². The first kappa shape index (κ1) is 38.2. The molecule has 6 atom stereocenters. The van der Waals surface area contributed by atoms with Crippen molar-refractivity contribution in [1.82, 2.24) is 14.5 Å². The van der Waals surface area contributed by atoms with Gasteiger partial charge in [0.2, 0.25) is 10.0 Å². The van der Waals surface area contributed by atoms with Crippen LogP contribution >= 0.6 is 11.6 Å². The normalized spacial score (nSPS) is 34.0. The van der Waals surface area contributed by atoms with Gasteiger partial charge in [0.25, 0.3) is 5.91 Å². The molecule has 10 nitrogen and oxygen atoms in total. The van der Waals surface area contributed by atoms with Crippen molar-refractivity contribution in [2.24, 2.45) is 17.8 Å². The van der Waals surface area contributed by atoms with Crippen molar-refractivity contribution in [3.8, 4) is 5.75 Å². The highest BCUT2D eigenvalue weighted by Gasteiger charge is 2.50. The number of hydrogen-bond donors (Lipinski definition) is 1. The first-order valence-corrected chi connectivity index (χ1v) is 22.1. The number of sulfonamides is 1. The van der Waals surface area contributed by atoms with E-state index in [1.165, 1.54) is 11.1 Å². The van der Waals surface area contributed by atoms with Crippen LogP contribution in [0.3, 0.4) is 0 Å². The van der Waals surface area contributed by atoms with Crippen molar-refractivity contribution in [2.45, 2.75) is 81.6 Å². The average Bonchev–Trinajstić information content (AvgIpc) is 3.26. The van der Waals surface area contributed by atoms with E-state index in [0.717, 1.165) is 108 Å². The summed E-state index contributed by atoms with van der Waals surface area (Å²) < 4.78 is 48.9. The molecule has 0 radical (unpaired) electrons. The number of piperazine rings is 1. The predicted octanol–water partition coefficient (Wildman–Crippen LogP) is 5.68. The van der Waals surface area contributed by atoms with E-state index in [1.807, 2.05) is 25.1 Å². The third-order valence-electron chi connectivity index (χ3n) is 13.7. The molecule has 2 saturated heterocycles. The highest BCUT2D eigenvalue weighted by molar-refractivity contribution is 7.90. The molecule has 1 spiro atoms. The number of anilines is 1. The van der Waals surface area contributed by atoms with Crippen LogP contribution in [0.1, 0.15) is 74.4 Å². The fourth-order valence-corrected chi connectivity index (χ4v) is 11.5. The van der Waals surface area contributed by atoms with Gasteiger partial charge >= 0.3 is 0 Å². The van der Waals surface area contributed by atoms with Crippen molar-refractivity contribution in [3.63, 3.8) is 0 Å². The molecule has 294 valence electrons. The number of benzene rings is 2. The SMILES string of the molecule is CCO[C@]1(CN2CCN(C3COC3)CC2)/C=C\C[C@H](C)[C@@H](C)S(=O)(=O)NC(=O)c2ccc3c(c2)N(C[C@@H]2CC[C@H]21)C[C@@]1(CCCc2cc(Cl)ccc21)CO3. The van der Waals surface area contributed by atoms with Crippen LogP contribution in [0, 0.1) is 17.8 Å². The Labute approximate surface area is 326 Å². The highest BCUT2D eigenvalue weighted by atomic mass is 35.5. The zero-order chi connectivity index (χ0) is 37.7. The van der Waals surface area contributed by atoms with Crippen LogP contribution < -0.4 is 14.4 Å². The van der Waals surface area contributed by atoms with Crippen molar-refractivity contribution in [3.05, 3.63) is 70.3 Å². The molecule has 2 bridgehead atoms. The number of rotatable bonds is 5. The molecule has 0 aromatic heterocycles. The van der Waals surface area contributed by atoms with E-state index in [-0.39, 0.29) is 17.3 Å². The van der Waals surface area contributed by atoms with Gasteiger partial charge in [0.05, 0.1) is 36.8 Å². The number of aryl methyl sites for hydroxylation is 1. The van der Waals surface area contributed by atoms with E-state index in [9.17, 15) is 13.2 Å². The number of fused-ring (bicyclic) bond motifs is 4. The largest absolute Gasteiger partial charge is 0.490 e. The van der Waals surface area contributed by atoms with Crippen molar-refractivity contribution < 1.29 is 27.4 Å². The topological polar surface area (TPSA) is 101 Å². The third-order valence-corrected chi connectivity index (χ3v) is 15.8. The number of carbonyl (C=O) groups is 1. The Morgan fingerprint density at radius 2 is 1.87 bits per heavy atom. The van der Waals surface area contributed by atoms with Gasteiger partial charge in [0.15, 0.2) is 0 Å². The lowest BCUT2D eigenvalue weighted by atomic mass is 9.63. The average molecular weight is 781 g/mol. The van der Waals surface area contributed by atoms with Gasteiger partial charge in [-0.05, 0) is 112 Å². The monoisotopic (exact) mass is 780 g/mol. The molecule has 1 N–H and O–H groups in total. The van der Waals surface area contributed by atoms with E-state index in [4.69, 9.17) is 25.8 Å². The van der Waals surface area contributed by atoms with Crippen LogP contribution in [0.2, 0.25) is 5.02 Å². The van der Waals surface area contributed by atoms with E-state index >= 15 is 0 Å². The molecule has 2 aliphatic carbocycles. The summed E-state index contributed by atoms with van der Waals surface area (Å²) in [4.78, 5) is 21.3. The summed E-state index contributed by atoms with van der Waals surface area (Å²) in [5, 5.41) is -0.0278. The molecule has 0 unspecified atom stereocenters. The first-order valence-electron chi connectivity index (χ1n) is 20.2. The molecule has 1 saturated carbocycles. The van der Waals surface area contributed by atoms with Crippen LogP contribution in [0.15, 0.2) is 48.6 Å². The lowest BCUT2D eigenvalue weighted by Crippen LogP contribution is -2.61. The Hall–Kier alpha value is -2.67. The fourth-order valence-electron chi connectivity index (χ4n) is 10.1. The molecule has 2 aromatic rings. The summed E-state index contributed by atoms with van der Waals surface area (Å²) >= 11 is 6.52. The summed E-state index contributed by atoms with van der Waals surface area (Å²) in [5.41, 5.74) is 2.92. The van der Waals surface area contributed by atoms with Crippen LogP contribution in [0.4, 0.5) is 5.69 Å². The quantitative estimate of drug-likeness (QED) is 0.385. The van der Waals surface area contributed by atoms with Gasteiger partial charge in [-0.25, -0.2) is 13.1 Å². The van der Waals surface area contributed by atoms with Crippen LogP contribution in [-0.4, -0.2) is 113 Å². The first-order chi connectivity index (χ1) is 26.0. The number of ether oxygens (including phenoxy) is 3. The molecule has 6 aliphatic rings. The number of nitrogens with one attached hydrogen (secondary N) is 1. The van der Waals surface area contributed by atoms with Gasteiger partial charge in [-0.2, -0.15) is 0 Å². The standard InChI is InChI=1S/C42H57ClN4O6S/c1-4-53-42(27-45-17-19-46(20-18-45)35-24-51-25-35)16-5-7-29(2)30(3)54(49,50)44-40(48)32-10-14-39-38(22-32)47(23-33-9-12-37(33)42)26-41(28-52-39)15-6-8-31-21-34(43)11-13-36(31)41/h5,10-11,13-14,16,21-22,29-30,33,35,37H,4,6-9,12,15,17-20,23-28H2,1-3H3,(H,44,48)/b16-5-/t29-,30+,33-,37+,41-,42-/m0/s1. The van der Waals surface area contributed by atoms with E-state index < -0.39 is 26.8 Å². The van der Waals surface area contributed by atoms with Gasteiger partial charge < -0.3 is 19.1 Å². The minimum Gasteiger partial charge on any atom is -0.490 e. The van der Waals surface area contributed by atoms with Crippen LogP contribution in [0.5, 0.6) is 5.75 Å². The van der Waals surface area contributed by atoms with Gasteiger partial charge in [-0.1, -0.05) is 36.7 Å². The Kier molecular flexibility index (Phi) is 10.9. The van der Waals surface area contributed by atoms with E-state index in [1.54, 1.807) is 13.0 Å². The molecular weight excluding hydrogens is 724 g/mol. The number of halogens is 1. The highest BCUT2D eigenvalue weighted by Crippen LogP contribution is 2.49. The summed E-state index contributed by atoms with van der Waals surface area (Å²) in [5.74, 6) is 0.496. The van der Waals surface area contributed by atoms with Gasteiger partial charge in [0.1, 0.15) is 11.4 Å². The number of hydrogen-bond acceptors (Lipinski definition) is 9. The number of nitrogens with zero attached hydrogens (tertiary/aromatic N) is 3. The van der Waals surface area contributed by atoms with Crippen LogP contribution in [0.25, 0.3) is 0 Å². The maximum Gasteiger partial charge on any atom is 0.264 e. The van der Waals surface area contributed by atoms with Gasteiger partial charge in [-0.3, -0.25) is 14.6 Å². The molecular formula is C42H57ClN4O6S. The summed E-state index contributed by atoms with van der Waals surface area (Å²) in [6.45, 7) is 14.8. The summed E-state index contributed by atoms with van der Waals surface area (Å²) in [6, 6.07) is 12.2. The molecule has 12 heteroatoms. The number of amides is 1. The Morgan fingerprint density at radius 1 is 1.06 bits per heavy atom.